The highest BCUT2D eigenvalue weighted by molar-refractivity contribution is 5.26. The Morgan fingerprint density at radius 3 is 2.75 bits per heavy atom. The fourth-order valence-electron chi connectivity index (χ4n) is 2.47. The van der Waals surface area contributed by atoms with Crippen LogP contribution in [0.2, 0.25) is 0 Å². The SMILES string of the molecule is CCC(C)(C)CC1CC1c1cccc(F)c1. The highest BCUT2D eigenvalue weighted by Crippen LogP contribution is 2.53. The van der Waals surface area contributed by atoms with Gasteiger partial charge in [-0.15, -0.1) is 0 Å². The van der Waals surface area contributed by atoms with Crippen molar-refractivity contribution in [1.82, 2.24) is 0 Å². The van der Waals surface area contributed by atoms with E-state index in [0.717, 1.165) is 5.92 Å². The maximum Gasteiger partial charge on any atom is 0.123 e. The Morgan fingerprint density at radius 2 is 2.12 bits per heavy atom. The minimum Gasteiger partial charge on any atom is -0.207 e. The number of rotatable bonds is 4. The van der Waals surface area contributed by atoms with Crippen molar-refractivity contribution in [2.45, 2.75) is 46.0 Å². The van der Waals surface area contributed by atoms with E-state index in [1.54, 1.807) is 6.07 Å². The second-order valence-electron chi connectivity index (χ2n) is 5.88. The summed E-state index contributed by atoms with van der Waals surface area (Å²) in [5.41, 5.74) is 1.63. The predicted molar refractivity (Wildman–Crippen MR) is 65.9 cm³/mol. The molecule has 0 N–H and O–H groups in total. The van der Waals surface area contributed by atoms with E-state index >= 15 is 0 Å². The fourth-order valence-corrected chi connectivity index (χ4v) is 2.47. The molecule has 2 rings (SSSR count). The van der Waals surface area contributed by atoms with Crippen molar-refractivity contribution >= 4 is 0 Å². The quantitative estimate of drug-likeness (QED) is 0.686. The van der Waals surface area contributed by atoms with Crippen LogP contribution >= 0.6 is 0 Å². The topological polar surface area (TPSA) is 0 Å². The summed E-state index contributed by atoms with van der Waals surface area (Å²) in [5.74, 6) is 1.29. The van der Waals surface area contributed by atoms with Crippen LogP contribution in [0.25, 0.3) is 0 Å². The van der Waals surface area contributed by atoms with Gasteiger partial charge in [-0.25, -0.2) is 4.39 Å². The maximum atomic E-state index is 13.1. The molecule has 2 unspecified atom stereocenters. The van der Waals surface area contributed by atoms with Gasteiger partial charge in [0.05, 0.1) is 0 Å². The van der Waals surface area contributed by atoms with Crippen LogP contribution in [0.5, 0.6) is 0 Å². The molecule has 1 heteroatoms. The standard InChI is InChI=1S/C15H21F/c1-4-15(2,3)10-12-9-14(12)11-6-5-7-13(16)8-11/h5-8,12,14H,4,9-10H2,1-3H3. The molecule has 0 aromatic heterocycles. The largest absolute Gasteiger partial charge is 0.207 e. The summed E-state index contributed by atoms with van der Waals surface area (Å²) in [7, 11) is 0. The first-order valence-electron chi connectivity index (χ1n) is 6.27. The molecule has 1 aromatic rings. The van der Waals surface area contributed by atoms with Gasteiger partial charge in [0.25, 0.3) is 0 Å². The first-order chi connectivity index (χ1) is 7.52. The molecule has 2 atom stereocenters. The minimum atomic E-state index is -0.0992. The highest BCUT2D eigenvalue weighted by atomic mass is 19.1. The Hall–Kier alpha value is -0.850. The molecule has 1 saturated carbocycles. The molecule has 0 bridgehead atoms. The van der Waals surface area contributed by atoms with Gasteiger partial charge >= 0.3 is 0 Å². The monoisotopic (exact) mass is 220 g/mol. The van der Waals surface area contributed by atoms with Gasteiger partial charge in [0.15, 0.2) is 0 Å². The van der Waals surface area contributed by atoms with Crippen LogP contribution in [0, 0.1) is 17.2 Å². The molecule has 0 radical (unpaired) electrons. The van der Waals surface area contributed by atoms with E-state index in [-0.39, 0.29) is 5.82 Å². The molecule has 1 fully saturated rings. The molecule has 0 nitrogen and oxygen atoms in total. The maximum absolute atomic E-state index is 13.1. The van der Waals surface area contributed by atoms with Crippen molar-refractivity contribution in [2.75, 3.05) is 0 Å². The van der Waals surface area contributed by atoms with Crippen molar-refractivity contribution in [1.29, 1.82) is 0 Å². The average molecular weight is 220 g/mol. The van der Waals surface area contributed by atoms with Gasteiger partial charge in [-0.2, -0.15) is 0 Å². The third-order valence-electron chi connectivity index (χ3n) is 3.97. The van der Waals surface area contributed by atoms with Crippen molar-refractivity contribution in [3.8, 4) is 0 Å². The van der Waals surface area contributed by atoms with E-state index in [4.69, 9.17) is 0 Å². The van der Waals surface area contributed by atoms with Crippen molar-refractivity contribution in [3.05, 3.63) is 35.6 Å². The van der Waals surface area contributed by atoms with Gasteiger partial charge in [0.2, 0.25) is 0 Å². The van der Waals surface area contributed by atoms with E-state index in [0.29, 0.717) is 11.3 Å². The molecule has 0 amide bonds. The fraction of sp³-hybridized carbons (Fsp3) is 0.600. The van der Waals surface area contributed by atoms with Crippen molar-refractivity contribution < 1.29 is 4.39 Å². The summed E-state index contributed by atoms with van der Waals surface area (Å²) in [6, 6.07) is 7.11. The molecule has 0 aliphatic heterocycles. The molecule has 88 valence electrons. The normalized spacial score (nSPS) is 24.5. The first kappa shape index (κ1) is 11.6. The van der Waals surface area contributed by atoms with Crippen LogP contribution in [0.4, 0.5) is 4.39 Å². The number of halogens is 1. The lowest BCUT2D eigenvalue weighted by molar-refractivity contribution is 0.300. The zero-order valence-corrected chi connectivity index (χ0v) is 10.5. The summed E-state index contributed by atoms with van der Waals surface area (Å²) >= 11 is 0. The van der Waals surface area contributed by atoms with Crippen LogP contribution in [0.1, 0.15) is 51.5 Å². The molecular weight excluding hydrogens is 199 g/mol. The molecule has 0 heterocycles. The number of benzene rings is 1. The Labute approximate surface area is 97.9 Å². The molecule has 0 saturated heterocycles. The molecule has 1 aromatic carbocycles. The van der Waals surface area contributed by atoms with Crippen LogP contribution in [-0.4, -0.2) is 0 Å². The zero-order chi connectivity index (χ0) is 11.8. The Bertz CT molecular complexity index is 367. The molecule has 1 aliphatic carbocycles. The van der Waals surface area contributed by atoms with E-state index in [1.165, 1.54) is 30.9 Å². The van der Waals surface area contributed by atoms with Crippen LogP contribution in [-0.2, 0) is 0 Å². The summed E-state index contributed by atoms with van der Waals surface area (Å²) in [6.07, 6.45) is 3.73. The highest BCUT2D eigenvalue weighted by Gasteiger charge is 2.40. The van der Waals surface area contributed by atoms with Gasteiger partial charge in [-0.3, -0.25) is 0 Å². The van der Waals surface area contributed by atoms with Gasteiger partial charge in [0, 0.05) is 0 Å². The second kappa shape index (κ2) is 4.20. The second-order valence-corrected chi connectivity index (χ2v) is 5.88. The Kier molecular flexibility index (Phi) is 3.05. The van der Waals surface area contributed by atoms with Crippen molar-refractivity contribution in [2.24, 2.45) is 11.3 Å². The Balaban J connectivity index is 1.97. The molecule has 0 spiro atoms. The van der Waals surface area contributed by atoms with Crippen LogP contribution in [0.15, 0.2) is 24.3 Å². The summed E-state index contributed by atoms with van der Waals surface area (Å²) < 4.78 is 13.1. The van der Waals surface area contributed by atoms with E-state index in [2.05, 4.69) is 26.8 Å². The van der Waals surface area contributed by atoms with E-state index in [9.17, 15) is 4.39 Å². The average Bonchev–Trinajstić information content (AvgIpc) is 2.96. The van der Waals surface area contributed by atoms with Gasteiger partial charge in [0.1, 0.15) is 5.82 Å². The predicted octanol–water partition coefficient (Wildman–Crippen LogP) is 4.76. The van der Waals surface area contributed by atoms with E-state index < -0.39 is 0 Å². The molecule has 1 aliphatic rings. The minimum absolute atomic E-state index is 0.0992. The summed E-state index contributed by atoms with van der Waals surface area (Å²) in [6.45, 7) is 6.90. The number of hydrogen-bond acceptors (Lipinski definition) is 0. The molecule has 16 heavy (non-hydrogen) atoms. The van der Waals surface area contributed by atoms with Crippen LogP contribution in [0.3, 0.4) is 0 Å². The number of hydrogen-bond donors (Lipinski definition) is 0. The lowest BCUT2D eigenvalue weighted by Gasteiger charge is -2.22. The summed E-state index contributed by atoms with van der Waals surface area (Å²) in [5, 5.41) is 0. The third kappa shape index (κ3) is 2.63. The molecular formula is C15H21F. The van der Waals surface area contributed by atoms with E-state index in [1.807, 2.05) is 6.07 Å². The lowest BCUT2D eigenvalue weighted by Crippen LogP contribution is -2.10. The smallest absolute Gasteiger partial charge is 0.123 e. The third-order valence-corrected chi connectivity index (χ3v) is 3.97. The van der Waals surface area contributed by atoms with Gasteiger partial charge in [-0.1, -0.05) is 39.3 Å². The summed E-state index contributed by atoms with van der Waals surface area (Å²) in [4.78, 5) is 0. The first-order valence-corrected chi connectivity index (χ1v) is 6.27. The van der Waals surface area contributed by atoms with Gasteiger partial charge < -0.3 is 0 Å². The zero-order valence-electron chi connectivity index (χ0n) is 10.5. The lowest BCUT2D eigenvalue weighted by atomic mass is 9.83. The Morgan fingerprint density at radius 1 is 1.38 bits per heavy atom. The van der Waals surface area contributed by atoms with Gasteiger partial charge in [-0.05, 0) is 47.8 Å². The van der Waals surface area contributed by atoms with Crippen LogP contribution < -0.4 is 0 Å². The van der Waals surface area contributed by atoms with Crippen molar-refractivity contribution in [3.63, 3.8) is 0 Å².